The maximum absolute atomic E-state index is 2.00. The van der Waals surface area contributed by atoms with E-state index in [4.69, 9.17) is 0 Å². The van der Waals surface area contributed by atoms with E-state index in [0.717, 1.165) is 0 Å². The summed E-state index contributed by atoms with van der Waals surface area (Å²) in [5.41, 5.74) is 0. The molecule has 0 amide bonds. The van der Waals surface area contributed by atoms with Gasteiger partial charge < -0.3 is 0 Å². The SMILES string of the molecule is CC.CC.Cl.Cl.Cl. The summed E-state index contributed by atoms with van der Waals surface area (Å²) in [7, 11) is 0. The van der Waals surface area contributed by atoms with Gasteiger partial charge in [0.15, 0.2) is 0 Å². The van der Waals surface area contributed by atoms with Crippen molar-refractivity contribution in [2.24, 2.45) is 0 Å². The van der Waals surface area contributed by atoms with Crippen LogP contribution in [-0.2, 0) is 0 Å². The number of rotatable bonds is 0. The Hall–Kier alpha value is 0.870. The second-order valence-corrected chi connectivity index (χ2v) is 0. The minimum atomic E-state index is 0. The van der Waals surface area contributed by atoms with Crippen LogP contribution in [0.5, 0.6) is 0 Å². The van der Waals surface area contributed by atoms with Gasteiger partial charge >= 0.3 is 0 Å². The van der Waals surface area contributed by atoms with Crippen LogP contribution in [0.2, 0.25) is 0 Å². The Morgan fingerprint density at radius 3 is 0.429 bits per heavy atom. The first-order valence-corrected chi connectivity index (χ1v) is 2.00. The fourth-order valence-electron chi connectivity index (χ4n) is 0. The van der Waals surface area contributed by atoms with E-state index in [1.807, 2.05) is 27.7 Å². The molecule has 0 aromatic carbocycles. The van der Waals surface area contributed by atoms with E-state index < -0.39 is 0 Å². The zero-order chi connectivity index (χ0) is 4.00. The van der Waals surface area contributed by atoms with Crippen molar-refractivity contribution >= 4 is 37.2 Å². The molecule has 0 unspecified atom stereocenters. The van der Waals surface area contributed by atoms with Gasteiger partial charge in [-0.05, 0) is 0 Å². The number of hydrogen-bond donors (Lipinski definition) is 0. The van der Waals surface area contributed by atoms with Crippen molar-refractivity contribution in [1.82, 2.24) is 0 Å². The van der Waals surface area contributed by atoms with Gasteiger partial charge in [-0.25, -0.2) is 0 Å². The Labute approximate surface area is 65.3 Å². The second kappa shape index (κ2) is 313. The Morgan fingerprint density at radius 1 is 0.429 bits per heavy atom. The summed E-state index contributed by atoms with van der Waals surface area (Å²) in [5.74, 6) is 0. The molecule has 0 aromatic heterocycles. The van der Waals surface area contributed by atoms with E-state index in [-0.39, 0.29) is 37.2 Å². The summed E-state index contributed by atoms with van der Waals surface area (Å²) in [6.07, 6.45) is 0. The molecule has 0 aliphatic rings. The molecule has 0 fully saturated rings. The van der Waals surface area contributed by atoms with Crippen LogP contribution >= 0.6 is 37.2 Å². The van der Waals surface area contributed by atoms with Crippen LogP contribution in [0.15, 0.2) is 0 Å². The number of halogens is 3. The molecule has 0 N–H and O–H groups in total. The van der Waals surface area contributed by atoms with Crippen molar-refractivity contribution in [2.45, 2.75) is 27.7 Å². The third kappa shape index (κ3) is 215. The summed E-state index contributed by atoms with van der Waals surface area (Å²) >= 11 is 0. The van der Waals surface area contributed by atoms with Gasteiger partial charge in [0.05, 0.1) is 0 Å². The zero-order valence-corrected chi connectivity index (χ0v) is 7.67. The lowest BCUT2D eigenvalue weighted by Crippen LogP contribution is -0.856. The van der Waals surface area contributed by atoms with Crippen molar-refractivity contribution < 1.29 is 0 Å². The molecule has 0 aliphatic carbocycles. The predicted molar refractivity (Wildman–Crippen MR) is 44.4 cm³/mol. The van der Waals surface area contributed by atoms with Gasteiger partial charge in [-0.2, -0.15) is 0 Å². The summed E-state index contributed by atoms with van der Waals surface area (Å²) in [5, 5.41) is 0. The minimum absolute atomic E-state index is 0. The quantitative estimate of drug-likeness (QED) is 0.522. The first-order chi connectivity index (χ1) is 2.00. The topological polar surface area (TPSA) is 0 Å². The average Bonchev–Trinajstić information content (AvgIpc) is 1.50. The van der Waals surface area contributed by atoms with E-state index in [2.05, 4.69) is 0 Å². The van der Waals surface area contributed by atoms with Gasteiger partial charge in [0.25, 0.3) is 0 Å². The van der Waals surface area contributed by atoms with Crippen LogP contribution in [0.25, 0.3) is 0 Å². The average molecular weight is 170 g/mol. The van der Waals surface area contributed by atoms with Gasteiger partial charge in [-0.15, -0.1) is 37.2 Å². The van der Waals surface area contributed by atoms with Crippen LogP contribution in [0.4, 0.5) is 0 Å². The summed E-state index contributed by atoms with van der Waals surface area (Å²) in [6, 6.07) is 0. The molecular formula is C4H15Cl3. The lowest BCUT2D eigenvalue weighted by Gasteiger charge is -1.07. The third-order valence-corrected chi connectivity index (χ3v) is 0. The first-order valence-electron chi connectivity index (χ1n) is 2.00. The number of hydrogen-bond acceptors (Lipinski definition) is 0. The molecule has 0 aromatic rings. The highest BCUT2D eigenvalue weighted by Gasteiger charge is 0.934. The predicted octanol–water partition coefficient (Wildman–Crippen LogP) is 3.32. The monoisotopic (exact) mass is 168 g/mol. The molecule has 0 radical (unpaired) electrons. The molecule has 3 heteroatoms. The van der Waals surface area contributed by atoms with Crippen LogP contribution in [0.1, 0.15) is 27.7 Å². The van der Waals surface area contributed by atoms with Crippen molar-refractivity contribution in [3.05, 3.63) is 0 Å². The molecular weight excluding hydrogens is 154 g/mol. The van der Waals surface area contributed by atoms with E-state index in [1.165, 1.54) is 0 Å². The minimum Gasteiger partial charge on any atom is -0.147 e. The second-order valence-electron chi connectivity index (χ2n) is 0. The van der Waals surface area contributed by atoms with Gasteiger partial charge in [-0.1, -0.05) is 27.7 Å². The summed E-state index contributed by atoms with van der Waals surface area (Å²) < 4.78 is 0. The van der Waals surface area contributed by atoms with E-state index in [1.54, 1.807) is 0 Å². The molecule has 7 heavy (non-hydrogen) atoms. The van der Waals surface area contributed by atoms with Crippen molar-refractivity contribution in [2.75, 3.05) is 0 Å². The largest absolute Gasteiger partial charge is 0.147 e. The third-order valence-electron chi connectivity index (χ3n) is 0. The molecule has 0 rings (SSSR count). The molecule has 0 saturated carbocycles. The first kappa shape index (κ1) is 45.1. The summed E-state index contributed by atoms with van der Waals surface area (Å²) in [6.45, 7) is 8.00. The van der Waals surface area contributed by atoms with Crippen molar-refractivity contribution in [1.29, 1.82) is 0 Å². The Morgan fingerprint density at radius 2 is 0.429 bits per heavy atom. The highest BCUT2D eigenvalue weighted by Crippen LogP contribution is 1.15. The highest BCUT2D eigenvalue weighted by molar-refractivity contribution is 5.86. The Kier molecular flexibility index (Phi) is 2010. The molecule has 0 heterocycles. The lowest BCUT2D eigenvalue weighted by atomic mass is 11.0. The van der Waals surface area contributed by atoms with E-state index >= 15 is 0 Å². The van der Waals surface area contributed by atoms with Crippen LogP contribution in [-0.4, -0.2) is 0 Å². The van der Waals surface area contributed by atoms with Gasteiger partial charge in [0.2, 0.25) is 0 Å². The lowest BCUT2D eigenvalue weighted by molar-refractivity contribution is 1.50. The molecule has 0 spiro atoms. The van der Waals surface area contributed by atoms with E-state index in [9.17, 15) is 0 Å². The Bertz CT molecular complexity index is 6.90. The molecule has 0 atom stereocenters. The van der Waals surface area contributed by atoms with Gasteiger partial charge in [-0.3, -0.25) is 0 Å². The van der Waals surface area contributed by atoms with Crippen LogP contribution in [0, 0.1) is 0 Å². The summed E-state index contributed by atoms with van der Waals surface area (Å²) in [4.78, 5) is 0. The molecule has 0 nitrogen and oxygen atoms in total. The van der Waals surface area contributed by atoms with Gasteiger partial charge in [0.1, 0.15) is 0 Å². The van der Waals surface area contributed by atoms with Crippen LogP contribution < -0.4 is 0 Å². The fourth-order valence-corrected chi connectivity index (χ4v) is 0. The molecule has 0 aliphatic heterocycles. The van der Waals surface area contributed by atoms with Gasteiger partial charge in [0, 0.05) is 0 Å². The van der Waals surface area contributed by atoms with Crippen molar-refractivity contribution in [3.8, 4) is 0 Å². The standard InChI is InChI=1S/2C2H6.3ClH/c2*1-2;;;/h2*1-2H3;3*1H. The zero-order valence-electron chi connectivity index (χ0n) is 5.22. The molecule has 0 saturated heterocycles. The fraction of sp³-hybridized carbons (Fsp3) is 1.00. The van der Waals surface area contributed by atoms with Crippen molar-refractivity contribution in [3.63, 3.8) is 0 Å². The maximum atomic E-state index is 2.00. The van der Waals surface area contributed by atoms with E-state index in [0.29, 0.717) is 0 Å². The smallest absolute Gasteiger partial charge is 0.0683 e. The Balaban J connectivity index is -0.00000000267. The highest BCUT2D eigenvalue weighted by atomic mass is 35.5. The molecule has 52 valence electrons. The normalized spacial score (nSPS) is 1.71. The van der Waals surface area contributed by atoms with Crippen LogP contribution in [0.3, 0.4) is 0 Å². The molecule has 0 bridgehead atoms. The maximum Gasteiger partial charge on any atom is -0.0683 e.